The van der Waals surface area contributed by atoms with E-state index in [0.29, 0.717) is 10.0 Å². The number of pyridine rings is 2. The highest BCUT2D eigenvalue weighted by Gasteiger charge is 2.56. The number of halogens is 2. The van der Waals surface area contributed by atoms with Gasteiger partial charge in [-0.25, -0.2) is 4.98 Å². The molecule has 2 atom stereocenters. The average molecular weight is 488 g/mol. The van der Waals surface area contributed by atoms with E-state index in [4.69, 9.17) is 38.3 Å². The fourth-order valence-corrected chi connectivity index (χ4v) is 6.49. The molecule has 0 bridgehead atoms. The molecule has 170 valence electrons. The Bertz CT molecular complexity index is 1580. The van der Waals surface area contributed by atoms with E-state index >= 15 is 0 Å². The van der Waals surface area contributed by atoms with Crippen LogP contribution in [0.4, 0.5) is 0 Å². The van der Waals surface area contributed by atoms with E-state index < -0.39 is 0 Å². The SMILES string of the molecule is Cc1c(-c2c(Cl)cccc2Cl)nc2c3cc(-c4cnn(C56CCCCC5C6)c4)cnc3ccn12. The second-order valence-corrected chi connectivity index (χ2v) is 10.5. The number of fused-ring (bicyclic) bond motifs is 4. The predicted molar refractivity (Wildman–Crippen MR) is 136 cm³/mol. The summed E-state index contributed by atoms with van der Waals surface area (Å²) in [5.41, 5.74) is 6.69. The summed E-state index contributed by atoms with van der Waals surface area (Å²) in [7, 11) is 0. The van der Waals surface area contributed by atoms with Gasteiger partial charge in [-0.15, -0.1) is 0 Å². The van der Waals surface area contributed by atoms with Crippen LogP contribution in [0.25, 0.3) is 38.9 Å². The van der Waals surface area contributed by atoms with Crippen LogP contribution in [0, 0.1) is 12.8 Å². The van der Waals surface area contributed by atoms with E-state index in [1.807, 2.05) is 49.8 Å². The van der Waals surface area contributed by atoms with Gasteiger partial charge in [0.1, 0.15) is 5.65 Å². The Balaban J connectivity index is 1.36. The summed E-state index contributed by atoms with van der Waals surface area (Å²) in [5, 5.41) is 6.96. The molecule has 34 heavy (non-hydrogen) atoms. The average Bonchev–Trinajstić information content (AvgIpc) is 3.21. The van der Waals surface area contributed by atoms with Gasteiger partial charge >= 0.3 is 0 Å². The van der Waals surface area contributed by atoms with Crippen molar-refractivity contribution in [2.75, 3.05) is 0 Å². The highest BCUT2D eigenvalue weighted by atomic mass is 35.5. The molecule has 0 radical (unpaired) electrons. The number of imidazole rings is 1. The molecule has 2 unspecified atom stereocenters. The van der Waals surface area contributed by atoms with Crippen LogP contribution in [-0.4, -0.2) is 24.1 Å². The van der Waals surface area contributed by atoms with Gasteiger partial charge in [-0.3, -0.25) is 9.67 Å². The molecule has 5 aromatic rings. The smallest absolute Gasteiger partial charge is 0.147 e. The standard InChI is InChI=1S/C27H23Cl2N5/c1-16-25(24-21(28)6-4-7-22(24)29)32-26-20-11-17(13-30-23(20)8-10-33(16)26)18-14-31-34(15-18)27-9-3-2-5-19(27)12-27/h4,6-8,10-11,13-15,19H,2-3,5,9,12H2,1H3. The fraction of sp³-hybridized carbons (Fsp3) is 0.296. The zero-order valence-electron chi connectivity index (χ0n) is 18.8. The van der Waals surface area contributed by atoms with Gasteiger partial charge in [0.25, 0.3) is 0 Å². The van der Waals surface area contributed by atoms with Crippen molar-refractivity contribution >= 4 is 39.8 Å². The molecule has 0 saturated heterocycles. The minimum atomic E-state index is 0.261. The summed E-state index contributed by atoms with van der Waals surface area (Å²) < 4.78 is 4.32. The molecule has 2 aliphatic carbocycles. The number of aromatic nitrogens is 5. The second-order valence-electron chi connectivity index (χ2n) is 9.73. The van der Waals surface area contributed by atoms with Crippen LogP contribution in [0.3, 0.4) is 0 Å². The molecule has 4 aromatic heterocycles. The highest BCUT2D eigenvalue weighted by Crippen LogP contribution is 2.59. The van der Waals surface area contributed by atoms with Crippen molar-refractivity contribution < 1.29 is 0 Å². The Morgan fingerprint density at radius 1 is 1.06 bits per heavy atom. The molecule has 2 saturated carbocycles. The third-order valence-electron chi connectivity index (χ3n) is 7.87. The van der Waals surface area contributed by atoms with E-state index in [9.17, 15) is 0 Å². The third kappa shape index (κ3) is 2.90. The van der Waals surface area contributed by atoms with E-state index in [1.54, 1.807) is 0 Å². The molecule has 0 aliphatic heterocycles. The monoisotopic (exact) mass is 487 g/mol. The van der Waals surface area contributed by atoms with Crippen molar-refractivity contribution in [3.8, 4) is 22.4 Å². The maximum atomic E-state index is 6.51. The van der Waals surface area contributed by atoms with Crippen molar-refractivity contribution in [3.63, 3.8) is 0 Å². The van der Waals surface area contributed by atoms with Crippen LogP contribution in [0.2, 0.25) is 10.0 Å². The quantitative estimate of drug-likeness (QED) is 0.267. The first-order valence-corrected chi connectivity index (χ1v) is 12.6. The molecule has 5 nitrogen and oxygen atoms in total. The molecular weight excluding hydrogens is 465 g/mol. The molecule has 2 aliphatic rings. The topological polar surface area (TPSA) is 48.0 Å². The van der Waals surface area contributed by atoms with Crippen LogP contribution in [-0.2, 0) is 5.54 Å². The minimum absolute atomic E-state index is 0.261. The van der Waals surface area contributed by atoms with Crippen molar-refractivity contribution in [1.29, 1.82) is 0 Å². The van der Waals surface area contributed by atoms with Gasteiger partial charge in [0.05, 0.1) is 33.0 Å². The van der Waals surface area contributed by atoms with Crippen molar-refractivity contribution in [3.05, 3.63) is 70.9 Å². The number of nitrogens with zero attached hydrogens (tertiary/aromatic N) is 5. The first-order valence-electron chi connectivity index (χ1n) is 11.8. The lowest BCUT2D eigenvalue weighted by Gasteiger charge is -2.22. The van der Waals surface area contributed by atoms with E-state index in [1.165, 1.54) is 32.1 Å². The van der Waals surface area contributed by atoms with Gasteiger partial charge in [-0.2, -0.15) is 5.10 Å². The largest absolute Gasteiger partial charge is 0.303 e. The van der Waals surface area contributed by atoms with Gasteiger partial charge in [-0.05, 0) is 56.4 Å². The van der Waals surface area contributed by atoms with Gasteiger partial charge < -0.3 is 4.40 Å². The van der Waals surface area contributed by atoms with Crippen LogP contribution >= 0.6 is 23.2 Å². The summed E-state index contributed by atoms with van der Waals surface area (Å²) in [6.45, 7) is 2.04. The van der Waals surface area contributed by atoms with E-state index in [2.05, 4.69) is 21.3 Å². The Labute approximate surface area is 207 Å². The molecule has 4 heterocycles. The van der Waals surface area contributed by atoms with Crippen LogP contribution < -0.4 is 0 Å². The Morgan fingerprint density at radius 3 is 2.74 bits per heavy atom. The Morgan fingerprint density at radius 2 is 1.91 bits per heavy atom. The Kier molecular flexibility index (Phi) is 4.40. The molecule has 1 aromatic carbocycles. The Hall–Kier alpha value is -2.89. The lowest BCUT2D eigenvalue weighted by molar-refractivity contribution is 0.306. The van der Waals surface area contributed by atoms with Gasteiger partial charge in [0, 0.05) is 46.4 Å². The van der Waals surface area contributed by atoms with Gasteiger partial charge in [0.15, 0.2) is 0 Å². The number of hydrogen-bond donors (Lipinski definition) is 0. The van der Waals surface area contributed by atoms with Crippen LogP contribution in [0.5, 0.6) is 0 Å². The second kappa shape index (κ2) is 7.30. The summed E-state index contributed by atoms with van der Waals surface area (Å²) >= 11 is 13.0. The first kappa shape index (κ1) is 20.5. The van der Waals surface area contributed by atoms with Crippen molar-refractivity contribution in [2.24, 2.45) is 5.92 Å². The van der Waals surface area contributed by atoms with Crippen molar-refractivity contribution in [1.82, 2.24) is 24.1 Å². The molecular formula is C27H23Cl2N5. The van der Waals surface area contributed by atoms with Crippen molar-refractivity contribution in [2.45, 2.75) is 44.6 Å². The number of hydrogen-bond acceptors (Lipinski definition) is 3. The van der Waals surface area contributed by atoms with Gasteiger partial charge in [0.2, 0.25) is 0 Å². The normalized spacial score (nSPS) is 21.8. The molecule has 0 N–H and O–H groups in total. The maximum Gasteiger partial charge on any atom is 0.147 e. The lowest BCUT2D eigenvalue weighted by Crippen LogP contribution is -2.23. The molecule has 0 amide bonds. The highest BCUT2D eigenvalue weighted by molar-refractivity contribution is 6.39. The lowest BCUT2D eigenvalue weighted by atomic mass is 9.95. The van der Waals surface area contributed by atoms with Crippen LogP contribution in [0.1, 0.15) is 37.8 Å². The number of aryl methyl sites for hydroxylation is 1. The predicted octanol–water partition coefficient (Wildman–Crippen LogP) is 7.32. The summed E-state index contributed by atoms with van der Waals surface area (Å²) in [6.07, 6.45) is 14.6. The summed E-state index contributed by atoms with van der Waals surface area (Å²) in [6, 6.07) is 9.74. The minimum Gasteiger partial charge on any atom is -0.303 e. The number of rotatable bonds is 3. The van der Waals surface area contributed by atoms with Crippen LogP contribution in [0.15, 0.2) is 55.1 Å². The zero-order valence-corrected chi connectivity index (χ0v) is 20.3. The molecule has 7 heteroatoms. The van der Waals surface area contributed by atoms with E-state index in [0.717, 1.165) is 50.5 Å². The van der Waals surface area contributed by atoms with Gasteiger partial charge in [-0.1, -0.05) is 42.1 Å². The summed E-state index contributed by atoms with van der Waals surface area (Å²) in [5.74, 6) is 0.798. The maximum absolute atomic E-state index is 6.51. The van der Waals surface area contributed by atoms with E-state index in [-0.39, 0.29) is 5.54 Å². The molecule has 7 rings (SSSR count). The third-order valence-corrected chi connectivity index (χ3v) is 8.50. The first-order chi connectivity index (χ1) is 16.5. The number of benzene rings is 1. The summed E-state index contributed by atoms with van der Waals surface area (Å²) in [4.78, 5) is 9.76. The zero-order chi connectivity index (χ0) is 23.0. The fourth-order valence-electron chi connectivity index (χ4n) is 5.91. The molecule has 2 fully saturated rings. The molecule has 0 spiro atoms.